The summed E-state index contributed by atoms with van der Waals surface area (Å²) in [5, 5.41) is 9.42. The number of carboxylic acids is 1. The highest BCUT2D eigenvalue weighted by atomic mass is 32.2. The quantitative estimate of drug-likeness (QED) is 0.922. The molecule has 2 rings (SSSR count). The normalized spacial score (nSPS) is 22.0. The van der Waals surface area contributed by atoms with E-state index >= 15 is 0 Å². The number of rotatable bonds is 4. The molecule has 4 nitrogen and oxygen atoms in total. The molecule has 0 bridgehead atoms. The van der Waals surface area contributed by atoms with E-state index in [0.717, 1.165) is 11.1 Å². The zero-order valence-corrected chi connectivity index (χ0v) is 12.5. The topological polar surface area (TPSA) is 57.6 Å². The summed E-state index contributed by atoms with van der Waals surface area (Å²) < 4.78 is 0. The third-order valence-electron chi connectivity index (χ3n) is 3.85. The summed E-state index contributed by atoms with van der Waals surface area (Å²) in [6.45, 7) is 2.80. The van der Waals surface area contributed by atoms with Gasteiger partial charge in [-0.1, -0.05) is 24.3 Å². The number of likely N-dealkylation sites (tertiary alicyclic amines) is 1. The van der Waals surface area contributed by atoms with Crippen LogP contribution in [0.5, 0.6) is 0 Å². The number of carbonyl (C=O) groups is 2. The third-order valence-corrected chi connectivity index (χ3v) is 4.38. The summed E-state index contributed by atoms with van der Waals surface area (Å²) in [6, 6.07) is 7.83. The van der Waals surface area contributed by atoms with Gasteiger partial charge in [0.25, 0.3) is 0 Å². The zero-order valence-electron chi connectivity index (χ0n) is 11.7. The van der Waals surface area contributed by atoms with Gasteiger partial charge < -0.3 is 10.0 Å². The van der Waals surface area contributed by atoms with Gasteiger partial charge in [-0.15, -0.1) is 0 Å². The molecule has 1 aliphatic rings. The van der Waals surface area contributed by atoms with Crippen molar-refractivity contribution in [1.82, 2.24) is 4.90 Å². The Morgan fingerprint density at radius 1 is 1.35 bits per heavy atom. The lowest BCUT2D eigenvalue weighted by Crippen LogP contribution is -2.31. The van der Waals surface area contributed by atoms with Crippen molar-refractivity contribution in [3.63, 3.8) is 0 Å². The smallest absolute Gasteiger partial charge is 0.308 e. The number of hydrogen-bond acceptors (Lipinski definition) is 3. The number of carbonyl (C=O) groups excluding carboxylic acids is 1. The molecular formula is C15H19NO3S. The van der Waals surface area contributed by atoms with E-state index in [4.69, 9.17) is 0 Å². The van der Waals surface area contributed by atoms with Gasteiger partial charge in [-0.05, 0) is 24.3 Å². The Morgan fingerprint density at radius 3 is 2.65 bits per heavy atom. The molecule has 1 amide bonds. The first-order chi connectivity index (χ1) is 9.54. The zero-order chi connectivity index (χ0) is 14.7. The first kappa shape index (κ1) is 14.9. The summed E-state index contributed by atoms with van der Waals surface area (Å²) in [5.74, 6) is -1.01. The molecule has 1 N–H and O–H groups in total. The van der Waals surface area contributed by atoms with Crippen LogP contribution >= 0.6 is 11.8 Å². The number of aryl methyl sites for hydroxylation is 1. The van der Waals surface area contributed by atoms with Gasteiger partial charge in [-0.2, -0.15) is 11.8 Å². The first-order valence-electron chi connectivity index (χ1n) is 6.59. The molecule has 0 saturated carbocycles. The lowest BCUT2D eigenvalue weighted by molar-refractivity contribution is -0.141. The summed E-state index contributed by atoms with van der Waals surface area (Å²) in [7, 11) is 0. The van der Waals surface area contributed by atoms with Gasteiger partial charge in [-0.25, -0.2) is 0 Å². The number of thioether (sulfide) groups is 1. The largest absolute Gasteiger partial charge is 0.481 e. The molecular weight excluding hydrogens is 274 g/mol. The molecule has 0 radical (unpaired) electrons. The van der Waals surface area contributed by atoms with Crippen LogP contribution in [0.15, 0.2) is 24.3 Å². The molecule has 1 aromatic carbocycles. The van der Waals surface area contributed by atoms with Crippen molar-refractivity contribution in [3.8, 4) is 0 Å². The monoisotopic (exact) mass is 293 g/mol. The minimum absolute atomic E-state index is 0.0276. The van der Waals surface area contributed by atoms with Crippen LogP contribution in [-0.2, 0) is 9.59 Å². The molecule has 20 heavy (non-hydrogen) atoms. The van der Waals surface area contributed by atoms with E-state index in [1.54, 1.807) is 4.90 Å². The van der Waals surface area contributed by atoms with Crippen molar-refractivity contribution >= 4 is 23.6 Å². The van der Waals surface area contributed by atoms with E-state index in [-0.39, 0.29) is 11.8 Å². The van der Waals surface area contributed by atoms with Crippen LogP contribution in [0.1, 0.15) is 17.0 Å². The number of nitrogens with zero attached hydrogens (tertiary/aromatic N) is 1. The standard InChI is InChI=1S/C15H19NO3S/c1-10-5-3-4-6-11(10)12-7-16(14(17)9-20-2)8-13(12)15(18)19/h3-6,12-13H,7-9H2,1-2H3,(H,18,19)/t12-,13+/m0/s1. The van der Waals surface area contributed by atoms with Gasteiger partial charge in [0, 0.05) is 19.0 Å². The molecule has 1 saturated heterocycles. The Labute approximate surface area is 123 Å². The van der Waals surface area contributed by atoms with Gasteiger partial charge >= 0.3 is 5.97 Å². The second-order valence-corrected chi connectivity index (χ2v) is 6.01. The van der Waals surface area contributed by atoms with Crippen molar-refractivity contribution in [2.45, 2.75) is 12.8 Å². The fourth-order valence-electron chi connectivity index (χ4n) is 2.79. The second kappa shape index (κ2) is 6.31. The molecule has 1 heterocycles. The number of amides is 1. The van der Waals surface area contributed by atoms with Crippen LogP contribution in [0.3, 0.4) is 0 Å². The van der Waals surface area contributed by atoms with Crippen LogP contribution in [-0.4, -0.2) is 47.0 Å². The maximum Gasteiger partial charge on any atom is 0.308 e. The molecule has 0 aromatic heterocycles. The Bertz CT molecular complexity index is 518. The van der Waals surface area contributed by atoms with Crippen LogP contribution in [0, 0.1) is 12.8 Å². The predicted molar refractivity (Wildman–Crippen MR) is 80.0 cm³/mol. The predicted octanol–water partition coefficient (Wildman–Crippen LogP) is 1.98. The van der Waals surface area contributed by atoms with Crippen molar-refractivity contribution in [2.24, 2.45) is 5.92 Å². The highest BCUT2D eigenvalue weighted by Crippen LogP contribution is 2.34. The lowest BCUT2D eigenvalue weighted by atomic mass is 9.86. The third kappa shape index (κ3) is 2.98. The van der Waals surface area contributed by atoms with E-state index in [2.05, 4.69) is 0 Å². The second-order valence-electron chi connectivity index (χ2n) is 5.14. The van der Waals surface area contributed by atoms with Crippen LogP contribution < -0.4 is 0 Å². The van der Waals surface area contributed by atoms with Crippen molar-refractivity contribution in [1.29, 1.82) is 0 Å². The first-order valence-corrected chi connectivity index (χ1v) is 7.99. The summed E-state index contributed by atoms with van der Waals surface area (Å²) >= 11 is 1.47. The summed E-state index contributed by atoms with van der Waals surface area (Å²) in [5.41, 5.74) is 2.13. The molecule has 1 aromatic rings. The molecule has 0 unspecified atom stereocenters. The number of aliphatic carboxylic acids is 1. The van der Waals surface area contributed by atoms with E-state index in [9.17, 15) is 14.7 Å². The fourth-order valence-corrected chi connectivity index (χ4v) is 3.22. The van der Waals surface area contributed by atoms with Crippen molar-refractivity contribution < 1.29 is 14.7 Å². The SMILES string of the molecule is CSCC(=O)N1C[C@@H](C(=O)O)[C@H](c2ccccc2C)C1. The van der Waals surface area contributed by atoms with Crippen LogP contribution in [0.4, 0.5) is 0 Å². The highest BCUT2D eigenvalue weighted by molar-refractivity contribution is 7.99. The minimum atomic E-state index is -0.822. The molecule has 108 valence electrons. The van der Waals surface area contributed by atoms with Gasteiger partial charge in [0.15, 0.2) is 0 Å². The van der Waals surface area contributed by atoms with E-state index < -0.39 is 11.9 Å². The minimum Gasteiger partial charge on any atom is -0.481 e. The molecule has 1 fully saturated rings. The van der Waals surface area contributed by atoms with Gasteiger partial charge in [0.05, 0.1) is 11.7 Å². The average molecular weight is 293 g/mol. The molecule has 5 heteroatoms. The summed E-state index contributed by atoms with van der Waals surface area (Å²) in [4.78, 5) is 25.2. The van der Waals surface area contributed by atoms with Crippen LogP contribution in [0.25, 0.3) is 0 Å². The Morgan fingerprint density at radius 2 is 2.05 bits per heavy atom. The maximum atomic E-state index is 12.0. The van der Waals surface area contributed by atoms with Crippen molar-refractivity contribution in [2.75, 3.05) is 25.1 Å². The van der Waals surface area contributed by atoms with E-state index in [1.807, 2.05) is 37.4 Å². The molecule has 2 atom stereocenters. The van der Waals surface area contributed by atoms with Gasteiger partial charge in [0.1, 0.15) is 0 Å². The number of carboxylic acid groups (broad SMARTS) is 1. The van der Waals surface area contributed by atoms with Crippen LogP contribution in [0.2, 0.25) is 0 Å². The maximum absolute atomic E-state index is 12.0. The number of hydrogen-bond donors (Lipinski definition) is 1. The van der Waals surface area contributed by atoms with E-state index in [0.29, 0.717) is 18.8 Å². The lowest BCUT2D eigenvalue weighted by Gasteiger charge is -2.17. The van der Waals surface area contributed by atoms with Gasteiger partial charge in [-0.3, -0.25) is 9.59 Å². The van der Waals surface area contributed by atoms with Gasteiger partial charge in [0.2, 0.25) is 5.91 Å². The molecule has 1 aliphatic heterocycles. The Balaban J connectivity index is 2.25. The van der Waals surface area contributed by atoms with Crippen molar-refractivity contribution in [3.05, 3.63) is 35.4 Å². The average Bonchev–Trinajstić information content (AvgIpc) is 2.84. The fraction of sp³-hybridized carbons (Fsp3) is 0.467. The molecule has 0 aliphatic carbocycles. The highest BCUT2D eigenvalue weighted by Gasteiger charge is 2.40. The Hall–Kier alpha value is -1.49. The Kier molecular flexibility index (Phi) is 4.70. The summed E-state index contributed by atoms with van der Waals surface area (Å²) in [6.07, 6.45) is 1.88. The number of benzene rings is 1. The van der Waals surface area contributed by atoms with E-state index in [1.165, 1.54) is 11.8 Å². The molecule has 0 spiro atoms.